The van der Waals surface area contributed by atoms with Crippen molar-refractivity contribution >= 4 is 0 Å². The van der Waals surface area contributed by atoms with Gasteiger partial charge in [0, 0.05) is 26.6 Å². The summed E-state index contributed by atoms with van der Waals surface area (Å²) in [6.45, 7) is 2.11. The van der Waals surface area contributed by atoms with E-state index >= 15 is 0 Å². The lowest BCUT2D eigenvalue weighted by Crippen LogP contribution is -2.31. The van der Waals surface area contributed by atoms with Crippen molar-refractivity contribution in [2.45, 2.75) is 19.1 Å². The summed E-state index contributed by atoms with van der Waals surface area (Å²) in [5.74, 6) is 0.928. The van der Waals surface area contributed by atoms with E-state index in [1.807, 2.05) is 41.9 Å². The lowest BCUT2D eigenvalue weighted by Gasteiger charge is -2.12. The number of aliphatic hydroxyl groups excluding tert-OH is 1. The third-order valence-corrected chi connectivity index (χ3v) is 3.13. The van der Waals surface area contributed by atoms with Crippen LogP contribution in [0.4, 0.5) is 0 Å². The molecule has 1 unspecified atom stereocenters. The molecule has 0 spiro atoms. The second-order valence-electron chi connectivity index (χ2n) is 4.97. The van der Waals surface area contributed by atoms with E-state index in [9.17, 15) is 5.11 Å². The molecule has 0 bridgehead atoms. The van der Waals surface area contributed by atoms with E-state index in [-0.39, 0.29) is 0 Å². The molecule has 114 valence electrons. The van der Waals surface area contributed by atoms with Crippen LogP contribution in [0.15, 0.2) is 36.7 Å². The minimum atomic E-state index is -0.506. The molecule has 0 saturated heterocycles. The summed E-state index contributed by atoms with van der Waals surface area (Å²) in [4.78, 5) is 0. The van der Waals surface area contributed by atoms with Crippen LogP contribution in [-0.4, -0.2) is 45.7 Å². The molecule has 0 aliphatic heterocycles. The Balaban J connectivity index is 1.53. The highest BCUT2D eigenvalue weighted by molar-refractivity contribution is 5.13. The number of ether oxygens (including phenoxy) is 1. The molecule has 2 aromatic rings. The summed E-state index contributed by atoms with van der Waals surface area (Å²) in [5, 5.41) is 20.8. The molecule has 21 heavy (non-hydrogen) atoms. The van der Waals surface area contributed by atoms with Crippen LogP contribution in [0.2, 0.25) is 0 Å². The Morgan fingerprint density at radius 2 is 2.14 bits per heavy atom. The van der Waals surface area contributed by atoms with Crippen molar-refractivity contribution in [3.8, 4) is 0 Å². The maximum atomic E-state index is 9.82. The van der Waals surface area contributed by atoms with E-state index in [0.717, 1.165) is 24.4 Å². The van der Waals surface area contributed by atoms with Crippen LogP contribution >= 0.6 is 0 Å². The van der Waals surface area contributed by atoms with Gasteiger partial charge >= 0.3 is 0 Å². The molecule has 1 aromatic carbocycles. The van der Waals surface area contributed by atoms with E-state index < -0.39 is 6.10 Å². The minimum Gasteiger partial charge on any atom is -0.389 e. The highest BCUT2D eigenvalue weighted by Crippen LogP contribution is 2.00. The van der Waals surface area contributed by atoms with Crippen molar-refractivity contribution in [3.05, 3.63) is 48.0 Å². The molecule has 0 radical (unpaired) electrons. The van der Waals surface area contributed by atoms with Crippen molar-refractivity contribution in [3.63, 3.8) is 0 Å². The largest absolute Gasteiger partial charge is 0.389 e. The molecule has 0 fully saturated rings. The van der Waals surface area contributed by atoms with Gasteiger partial charge in [0.15, 0.2) is 0 Å². The van der Waals surface area contributed by atoms with E-state index in [1.54, 1.807) is 6.33 Å². The third-order valence-electron chi connectivity index (χ3n) is 3.13. The molecule has 0 aliphatic rings. The number of rotatable bonds is 9. The van der Waals surface area contributed by atoms with Gasteiger partial charge in [0.2, 0.25) is 0 Å². The number of hydrogen-bond acceptors (Lipinski definition) is 5. The molecule has 0 saturated carbocycles. The van der Waals surface area contributed by atoms with E-state index in [1.165, 1.54) is 0 Å². The van der Waals surface area contributed by atoms with Crippen LogP contribution in [0.3, 0.4) is 0 Å². The number of aliphatic hydroxyl groups is 1. The Morgan fingerprint density at radius 3 is 2.86 bits per heavy atom. The molecule has 1 heterocycles. The normalized spacial score (nSPS) is 12.5. The highest BCUT2D eigenvalue weighted by atomic mass is 16.5. The summed E-state index contributed by atoms with van der Waals surface area (Å²) in [7, 11) is 1.92. The van der Waals surface area contributed by atoms with E-state index in [2.05, 4.69) is 15.5 Å². The SMILES string of the molecule is Cn1cnnc1CCNCC(O)COCc1ccccc1. The van der Waals surface area contributed by atoms with Crippen molar-refractivity contribution in [2.24, 2.45) is 7.05 Å². The first-order valence-electron chi connectivity index (χ1n) is 7.09. The zero-order valence-electron chi connectivity index (χ0n) is 12.3. The Labute approximate surface area is 124 Å². The molecule has 2 N–H and O–H groups in total. The second-order valence-corrected chi connectivity index (χ2v) is 4.97. The molecule has 1 aromatic heterocycles. The number of aromatic nitrogens is 3. The van der Waals surface area contributed by atoms with Crippen molar-refractivity contribution in [2.75, 3.05) is 19.7 Å². The van der Waals surface area contributed by atoms with Gasteiger partial charge < -0.3 is 19.7 Å². The van der Waals surface area contributed by atoms with Crippen LogP contribution < -0.4 is 5.32 Å². The van der Waals surface area contributed by atoms with Gasteiger partial charge in [0.05, 0.1) is 19.3 Å². The fraction of sp³-hybridized carbons (Fsp3) is 0.467. The zero-order valence-corrected chi connectivity index (χ0v) is 12.3. The van der Waals surface area contributed by atoms with Crippen LogP contribution in [0.5, 0.6) is 0 Å². The predicted octanol–water partition coefficient (Wildman–Crippen LogP) is 0.525. The van der Waals surface area contributed by atoms with Crippen LogP contribution in [0.1, 0.15) is 11.4 Å². The lowest BCUT2D eigenvalue weighted by molar-refractivity contribution is 0.0290. The Hall–Kier alpha value is -1.76. The van der Waals surface area contributed by atoms with Gasteiger partial charge in [-0.25, -0.2) is 0 Å². The molecule has 6 heteroatoms. The van der Waals surface area contributed by atoms with Crippen LogP contribution in [0, 0.1) is 0 Å². The first kappa shape index (κ1) is 15.6. The van der Waals surface area contributed by atoms with Crippen LogP contribution in [0.25, 0.3) is 0 Å². The van der Waals surface area contributed by atoms with Crippen molar-refractivity contribution in [1.29, 1.82) is 0 Å². The number of nitrogens with zero attached hydrogens (tertiary/aromatic N) is 3. The van der Waals surface area contributed by atoms with Gasteiger partial charge in [0.25, 0.3) is 0 Å². The lowest BCUT2D eigenvalue weighted by atomic mass is 10.2. The van der Waals surface area contributed by atoms with Crippen LogP contribution in [-0.2, 0) is 24.8 Å². The molecule has 0 amide bonds. The standard InChI is InChI=1S/C15H22N4O2/c1-19-12-17-18-15(19)7-8-16-9-14(20)11-21-10-13-5-3-2-4-6-13/h2-6,12,14,16,20H,7-11H2,1H3. The highest BCUT2D eigenvalue weighted by Gasteiger charge is 2.05. The summed E-state index contributed by atoms with van der Waals surface area (Å²) in [6, 6.07) is 9.93. The first-order valence-corrected chi connectivity index (χ1v) is 7.09. The van der Waals surface area contributed by atoms with Gasteiger partial charge in [-0.05, 0) is 5.56 Å². The van der Waals surface area contributed by atoms with Gasteiger partial charge in [0.1, 0.15) is 12.2 Å². The summed E-state index contributed by atoms with van der Waals surface area (Å²) in [5.41, 5.74) is 1.11. The van der Waals surface area contributed by atoms with E-state index in [4.69, 9.17) is 4.74 Å². The summed E-state index contributed by atoms with van der Waals surface area (Å²) < 4.78 is 7.38. The van der Waals surface area contributed by atoms with Crippen molar-refractivity contribution < 1.29 is 9.84 Å². The van der Waals surface area contributed by atoms with E-state index in [0.29, 0.717) is 19.8 Å². The molecular weight excluding hydrogens is 268 g/mol. The number of nitrogens with one attached hydrogen (secondary N) is 1. The van der Waals surface area contributed by atoms with Crippen molar-refractivity contribution in [1.82, 2.24) is 20.1 Å². The number of hydrogen-bond donors (Lipinski definition) is 2. The van der Waals surface area contributed by atoms with Gasteiger partial charge in [-0.15, -0.1) is 10.2 Å². The monoisotopic (exact) mass is 290 g/mol. The number of aryl methyl sites for hydroxylation is 1. The average molecular weight is 290 g/mol. The quantitative estimate of drug-likeness (QED) is 0.659. The molecular formula is C15H22N4O2. The second kappa shape index (κ2) is 8.51. The predicted molar refractivity (Wildman–Crippen MR) is 79.7 cm³/mol. The zero-order chi connectivity index (χ0) is 14.9. The van der Waals surface area contributed by atoms with Gasteiger partial charge in [-0.2, -0.15) is 0 Å². The Morgan fingerprint density at radius 1 is 1.33 bits per heavy atom. The fourth-order valence-corrected chi connectivity index (χ4v) is 1.95. The molecule has 1 atom stereocenters. The Kier molecular flexibility index (Phi) is 6.33. The third kappa shape index (κ3) is 5.63. The molecule has 6 nitrogen and oxygen atoms in total. The smallest absolute Gasteiger partial charge is 0.133 e. The maximum Gasteiger partial charge on any atom is 0.133 e. The fourth-order valence-electron chi connectivity index (χ4n) is 1.95. The minimum absolute atomic E-state index is 0.325. The average Bonchev–Trinajstić information content (AvgIpc) is 2.90. The molecule has 2 rings (SSSR count). The summed E-state index contributed by atoms with van der Waals surface area (Å²) in [6.07, 6.45) is 1.96. The number of benzene rings is 1. The summed E-state index contributed by atoms with van der Waals surface area (Å²) >= 11 is 0. The topological polar surface area (TPSA) is 72.2 Å². The van der Waals surface area contributed by atoms with Gasteiger partial charge in [-0.1, -0.05) is 30.3 Å². The maximum absolute atomic E-state index is 9.82. The van der Waals surface area contributed by atoms with Gasteiger partial charge in [-0.3, -0.25) is 0 Å². The Bertz CT molecular complexity index is 515. The molecule has 0 aliphatic carbocycles. The first-order chi connectivity index (χ1) is 10.3.